The Morgan fingerprint density at radius 2 is 2.05 bits per heavy atom. The number of ether oxygens (including phenoxy) is 1. The van der Waals surface area contributed by atoms with E-state index in [0.29, 0.717) is 0 Å². The molecule has 7 heteroatoms. The summed E-state index contributed by atoms with van der Waals surface area (Å²) in [6.45, 7) is 0.851. The molecule has 1 saturated heterocycles. The summed E-state index contributed by atoms with van der Waals surface area (Å²) in [5, 5.41) is 3.60. The standard InChI is InChI=1S/C14H26N2O4S/c1-20-13(17)6-10-21(18,19)16-12-5-9-15-14(11-12)7-3-2-4-8-14/h12,15-16H,2-11H2,1H3. The Morgan fingerprint density at radius 3 is 2.71 bits per heavy atom. The predicted octanol–water partition coefficient (Wildman–Crippen LogP) is 0.924. The van der Waals surface area contributed by atoms with Crippen molar-refractivity contribution in [2.75, 3.05) is 19.4 Å². The first-order chi connectivity index (χ1) is 9.95. The highest BCUT2D eigenvalue weighted by Gasteiger charge is 2.37. The molecule has 0 aromatic carbocycles. The van der Waals surface area contributed by atoms with E-state index in [4.69, 9.17) is 0 Å². The van der Waals surface area contributed by atoms with Gasteiger partial charge in [0.1, 0.15) is 0 Å². The minimum absolute atomic E-state index is 0.0213. The monoisotopic (exact) mass is 318 g/mol. The molecular formula is C14H26N2O4S. The number of piperidine rings is 1. The van der Waals surface area contributed by atoms with Gasteiger partial charge in [-0.1, -0.05) is 19.3 Å². The molecule has 2 fully saturated rings. The van der Waals surface area contributed by atoms with E-state index >= 15 is 0 Å². The predicted molar refractivity (Wildman–Crippen MR) is 80.4 cm³/mol. The van der Waals surface area contributed by atoms with Crippen molar-refractivity contribution in [3.8, 4) is 0 Å². The lowest BCUT2D eigenvalue weighted by Crippen LogP contribution is -2.57. The number of hydrogen-bond donors (Lipinski definition) is 2. The van der Waals surface area contributed by atoms with Gasteiger partial charge in [0.05, 0.1) is 19.3 Å². The number of methoxy groups -OCH3 is 1. The molecule has 2 aliphatic rings. The highest BCUT2D eigenvalue weighted by Crippen LogP contribution is 2.34. The summed E-state index contributed by atoms with van der Waals surface area (Å²) in [6, 6.07) is -0.0213. The van der Waals surface area contributed by atoms with Crippen LogP contribution in [0.4, 0.5) is 0 Å². The zero-order chi connectivity index (χ0) is 15.3. The largest absolute Gasteiger partial charge is 0.469 e. The lowest BCUT2D eigenvalue weighted by Gasteiger charge is -2.44. The molecule has 0 radical (unpaired) electrons. The molecule has 0 bridgehead atoms. The van der Waals surface area contributed by atoms with E-state index in [1.54, 1.807) is 0 Å². The number of nitrogens with one attached hydrogen (secondary N) is 2. The van der Waals surface area contributed by atoms with Crippen LogP contribution in [0, 0.1) is 0 Å². The molecule has 1 saturated carbocycles. The minimum atomic E-state index is -3.42. The van der Waals surface area contributed by atoms with Crippen LogP contribution in [0.3, 0.4) is 0 Å². The van der Waals surface area contributed by atoms with E-state index in [-0.39, 0.29) is 23.8 Å². The lowest BCUT2D eigenvalue weighted by molar-refractivity contribution is -0.140. The normalized spacial score (nSPS) is 25.7. The summed E-state index contributed by atoms with van der Waals surface area (Å²) in [7, 11) is -2.15. The fourth-order valence-electron chi connectivity index (χ4n) is 3.50. The highest BCUT2D eigenvalue weighted by molar-refractivity contribution is 7.89. The number of carbonyl (C=O) groups excluding carboxylic acids is 1. The average molecular weight is 318 g/mol. The van der Waals surface area contributed by atoms with Gasteiger partial charge >= 0.3 is 5.97 Å². The second-order valence-corrected chi connectivity index (χ2v) is 8.09. The molecule has 1 heterocycles. The average Bonchev–Trinajstić information content (AvgIpc) is 2.45. The van der Waals surface area contributed by atoms with Gasteiger partial charge in [0.15, 0.2) is 0 Å². The number of rotatable bonds is 5. The van der Waals surface area contributed by atoms with Gasteiger partial charge in [-0.15, -0.1) is 0 Å². The maximum absolute atomic E-state index is 12.1. The van der Waals surface area contributed by atoms with Gasteiger partial charge in [0, 0.05) is 11.6 Å². The van der Waals surface area contributed by atoms with Crippen molar-refractivity contribution in [2.45, 2.75) is 62.9 Å². The third kappa shape index (κ3) is 4.93. The Hall–Kier alpha value is -0.660. The molecule has 21 heavy (non-hydrogen) atoms. The first-order valence-electron chi connectivity index (χ1n) is 7.77. The van der Waals surface area contributed by atoms with Gasteiger partial charge < -0.3 is 10.1 Å². The van der Waals surface area contributed by atoms with E-state index < -0.39 is 16.0 Å². The summed E-state index contributed by atoms with van der Waals surface area (Å²) in [6.07, 6.45) is 7.54. The van der Waals surface area contributed by atoms with E-state index in [0.717, 1.165) is 32.2 Å². The summed E-state index contributed by atoms with van der Waals surface area (Å²) >= 11 is 0. The molecule has 6 nitrogen and oxygen atoms in total. The molecule has 0 aromatic rings. The van der Waals surface area contributed by atoms with Crippen molar-refractivity contribution in [1.29, 1.82) is 0 Å². The first kappa shape index (κ1) is 16.7. The van der Waals surface area contributed by atoms with Crippen LogP contribution in [0.2, 0.25) is 0 Å². The van der Waals surface area contributed by atoms with Gasteiger partial charge in [-0.2, -0.15) is 0 Å². The van der Waals surface area contributed by atoms with Gasteiger partial charge in [-0.3, -0.25) is 4.79 Å². The maximum atomic E-state index is 12.1. The van der Waals surface area contributed by atoms with Gasteiger partial charge in [-0.25, -0.2) is 13.1 Å². The molecule has 2 N–H and O–H groups in total. The van der Waals surface area contributed by atoms with Crippen LogP contribution >= 0.6 is 0 Å². The number of carbonyl (C=O) groups is 1. The summed E-state index contributed by atoms with van der Waals surface area (Å²) in [5.41, 5.74) is 0.117. The molecule has 1 spiro atoms. The van der Waals surface area contributed by atoms with E-state index in [2.05, 4.69) is 14.8 Å². The van der Waals surface area contributed by atoms with Crippen LogP contribution in [0.5, 0.6) is 0 Å². The molecule has 1 atom stereocenters. The second kappa shape index (κ2) is 7.07. The third-order valence-corrected chi connectivity index (χ3v) is 6.02. The Labute approximate surface area is 127 Å². The van der Waals surface area contributed by atoms with Crippen LogP contribution in [-0.4, -0.2) is 45.4 Å². The van der Waals surface area contributed by atoms with Gasteiger partial charge in [0.2, 0.25) is 10.0 Å². The van der Waals surface area contributed by atoms with Crippen LogP contribution in [0.15, 0.2) is 0 Å². The van der Waals surface area contributed by atoms with Crippen molar-refractivity contribution >= 4 is 16.0 Å². The van der Waals surface area contributed by atoms with E-state index in [9.17, 15) is 13.2 Å². The fourth-order valence-corrected chi connectivity index (χ4v) is 4.76. The van der Waals surface area contributed by atoms with Crippen LogP contribution in [-0.2, 0) is 19.6 Å². The summed E-state index contributed by atoms with van der Waals surface area (Å²) < 4.78 is 31.4. The summed E-state index contributed by atoms with van der Waals surface area (Å²) in [5.74, 6) is -0.689. The zero-order valence-corrected chi connectivity index (χ0v) is 13.5. The second-order valence-electron chi connectivity index (χ2n) is 6.22. The number of esters is 1. The summed E-state index contributed by atoms with van der Waals surface area (Å²) in [4.78, 5) is 11.1. The van der Waals surface area contributed by atoms with Crippen LogP contribution in [0.1, 0.15) is 51.4 Å². The van der Waals surface area contributed by atoms with Gasteiger partial charge in [0.25, 0.3) is 0 Å². The van der Waals surface area contributed by atoms with Crippen molar-refractivity contribution in [3.05, 3.63) is 0 Å². The quantitative estimate of drug-likeness (QED) is 0.737. The Bertz CT molecular complexity index is 452. The van der Waals surface area contributed by atoms with Crippen LogP contribution in [0.25, 0.3) is 0 Å². The highest BCUT2D eigenvalue weighted by atomic mass is 32.2. The first-order valence-corrected chi connectivity index (χ1v) is 9.42. The number of hydrogen-bond acceptors (Lipinski definition) is 5. The van der Waals surface area contributed by atoms with E-state index in [1.807, 2.05) is 0 Å². The van der Waals surface area contributed by atoms with Gasteiger partial charge in [-0.05, 0) is 32.2 Å². The maximum Gasteiger partial charge on any atom is 0.306 e. The fraction of sp³-hybridized carbons (Fsp3) is 0.929. The van der Waals surface area contributed by atoms with Crippen LogP contribution < -0.4 is 10.0 Å². The zero-order valence-electron chi connectivity index (χ0n) is 12.7. The Balaban J connectivity index is 1.88. The lowest BCUT2D eigenvalue weighted by atomic mass is 9.75. The Morgan fingerprint density at radius 1 is 1.33 bits per heavy atom. The Kier molecular flexibility index (Phi) is 5.62. The topological polar surface area (TPSA) is 84.5 Å². The molecule has 2 rings (SSSR count). The van der Waals surface area contributed by atoms with Crippen molar-refractivity contribution < 1.29 is 17.9 Å². The molecule has 0 aromatic heterocycles. The molecule has 122 valence electrons. The van der Waals surface area contributed by atoms with Crippen molar-refractivity contribution in [3.63, 3.8) is 0 Å². The molecule has 1 aliphatic carbocycles. The van der Waals surface area contributed by atoms with Crippen molar-refractivity contribution in [2.24, 2.45) is 0 Å². The molecule has 1 aliphatic heterocycles. The third-order valence-electron chi connectivity index (χ3n) is 4.59. The molecule has 1 unspecified atom stereocenters. The number of sulfonamides is 1. The SMILES string of the molecule is COC(=O)CCS(=O)(=O)NC1CCNC2(CCCCC2)C1. The smallest absolute Gasteiger partial charge is 0.306 e. The minimum Gasteiger partial charge on any atom is -0.469 e. The van der Waals surface area contributed by atoms with E-state index in [1.165, 1.54) is 26.4 Å². The van der Waals surface area contributed by atoms with Crippen molar-refractivity contribution in [1.82, 2.24) is 10.0 Å². The molecule has 0 amide bonds. The molecular weight excluding hydrogens is 292 g/mol.